The molecular weight excluding hydrogens is 386 g/mol. The molecule has 6 heteroatoms. The summed E-state index contributed by atoms with van der Waals surface area (Å²) in [5.41, 5.74) is 2.92. The van der Waals surface area contributed by atoms with Crippen LogP contribution in [0.15, 0.2) is 64.9 Å². The zero-order valence-corrected chi connectivity index (χ0v) is 17.1. The van der Waals surface area contributed by atoms with E-state index in [2.05, 4.69) is 17.2 Å². The van der Waals surface area contributed by atoms with E-state index in [4.69, 9.17) is 16.6 Å². The molecule has 1 fully saturated rings. The quantitative estimate of drug-likeness (QED) is 0.794. The summed E-state index contributed by atoms with van der Waals surface area (Å²) in [4.78, 5) is 35.2. The molecule has 5 nitrogen and oxygen atoms in total. The summed E-state index contributed by atoms with van der Waals surface area (Å²) in [6.45, 7) is 3.90. The molecule has 2 aliphatic rings. The Morgan fingerprint density at radius 1 is 1.10 bits per heavy atom. The van der Waals surface area contributed by atoms with Crippen molar-refractivity contribution in [1.29, 1.82) is 0 Å². The summed E-state index contributed by atoms with van der Waals surface area (Å²) in [5.74, 6) is -0.219. The highest BCUT2D eigenvalue weighted by atomic mass is 35.5. The lowest BCUT2D eigenvalue weighted by molar-refractivity contribution is -0.123. The van der Waals surface area contributed by atoms with Gasteiger partial charge in [0.15, 0.2) is 0 Å². The fourth-order valence-corrected chi connectivity index (χ4v) is 4.45. The number of halogens is 1. The second-order valence-corrected chi connectivity index (χ2v) is 8.19. The van der Waals surface area contributed by atoms with Gasteiger partial charge in [-0.3, -0.25) is 14.6 Å². The average Bonchev–Trinajstić information content (AvgIpc) is 2.68. The first-order valence-electron chi connectivity index (χ1n) is 9.73. The van der Waals surface area contributed by atoms with E-state index in [-0.39, 0.29) is 23.5 Å². The molecule has 1 N–H and O–H groups in total. The number of hydrogen-bond acceptors (Lipinski definition) is 4. The van der Waals surface area contributed by atoms with Gasteiger partial charge in [0.05, 0.1) is 5.92 Å². The van der Waals surface area contributed by atoms with E-state index in [1.54, 1.807) is 30.5 Å². The number of benzene rings is 1. The minimum absolute atomic E-state index is 0.137. The third-order valence-electron chi connectivity index (χ3n) is 5.54. The largest absolute Gasteiger partial charge is 0.307 e. The first kappa shape index (κ1) is 19.5. The van der Waals surface area contributed by atoms with Crippen LogP contribution in [0.25, 0.3) is 0 Å². The van der Waals surface area contributed by atoms with Gasteiger partial charge in [0.1, 0.15) is 11.6 Å². The molecule has 0 radical (unpaired) electrons. The molecule has 1 aliphatic carbocycles. The molecule has 2 heterocycles. The van der Waals surface area contributed by atoms with Gasteiger partial charge >= 0.3 is 0 Å². The van der Waals surface area contributed by atoms with Crippen molar-refractivity contribution < 1.29 is 9.59 Å². The van der Waals surface area contributed by atoms with Crippen molar-refractivity contribution in [1.82, 2.24) is 4.98 Å². The number of ketones is 1. The number of aromatic nitrogens is 1. The number of pyridine rings is 1. The van der Waals surface area contributed by atoms with Crippen LogP contribution in [-0.4, -0.2) is 22.4 Å². The summed E-state index contributed by atoms with van der Waals surface area (Å²) in [5, 5.41) is 3.47. The van der Waals surface area contributed by atoms with Crippen LogP contribution in [0.1, 0.15) is 38.2 Å². The van der Waals surface area contributed by atoms with E-state index in [0.717, 1.165) is 17.7 Å². The Balaban J connectivity index is 1.80. The van der Waals surface area contributed by atoms with Crippen molar-refractivity contribution in [3.8, 4) is 0 Å². The Kier molecular flexibility index (Phi) is 5.33. The van der Waals surface area contributed by atoms with Gasteiger partial charge < -0.3 is 5.32 Å². The number of aliphatic imine (C=N–C) groups is 1. The maximum atomic E-state index is 13.3. The third-order valence-corrected chi connectivity index (χ3v) is 5.79. The lowest BCUT2D eigenvalue weighted by atomic mass is 9.67. The average molecular weight is 408 g/mol. The predicted molar refractivity (Wildman–Crippen MR) is 114 cm³/mol. The minimum atomic E-state index is -0.416. The molecule has 0 saturated heterocycles. The van der Waals surface area contributed by atoms with Crippen LogP contribution in [-0.2, 0) is 9.59 Å². The standard InChI is InChI=1S/C23H22ClN3O2/c1-13-11-17-22(18(28)12-13)21(15-6-8-16(24)9-7-15)20(14(2)26-17)23(29)27-19-5-3-4-10-25-19/h3-10,13,21-22H,11-12H2,1-2H3,(H,25,27,29)/t13-,21-,22?/m1/s1. The summed E-state index contributed by atoms with van der Waals surface area (Å²) < 4.78 is 0. The number of allylic oxidation sites excluding steroid dienone is 1. The van der Waals surface area contributed by atoms with E-state index in [0.29, 0.717) is 28.5 Å². The molecule has 1 aliphatic heterocycles. The van der Waals surface area contributed by atoms with Gasteiger partial charge in [0, 0.05) is 40.5 Å². The molecular formula is C23H22ClN3O2. The molecule has 2 aromatic rings. The lowest BCUT2D eigenvalue weighted by Gasteiger charge is -2.37. The molecule has 1 amide bonds. The van der Waals surface area contributed by atoms with Crippen molar-refractivity contribution in [3.63, 3.8) is 0 Å². The SMILES string of the molecule is CC1=C(C(=O)Nc2ccccn2)[C@@H](c2ccc(Cl)cc2)C2C(=O)C[C@H](C)CC2=N1. The van der Waals surface area contributed by atoms with E-state index in [9.17, 15) is 9.59 Å². The van der Waals surface area contributed by atoms with Crippen molar-refractivity contribution in [2.45, 2.75) is 32.6 Å². The second kappa shape index (κ2) is 7.91. The predicted octanol–water partition coefficient (Wildman–Crippen LogP) is 4.80. The molecule has 0 bridgehead atoms. The lowest BCUT2D eigenvalue weighted by Crippen LogP contribution is -2.41. The first-order valence-corrected chi connectivity index (χ1v) is 10.1. The van der Waals surface area contributed by atoms with Crippen molar-refractivity contribution in [3.05, 3.63) is 70.5 Å². The van der Waals surface area contributed by atoms with Gasteiger partial charge in [-0.2, -0.15) is 0 Å². The number of Topliss-reactive ketones (excluding diaryl/α,β-unsaturated/α-hetero) is 1. The number of carbonyl (C=O) groups excluding carboxylic acids is 2. The molecule has 0 spiro atoms. The number of carbonyl (C=O) groups is 2. The van der Waals surface area contributed by atoms with Crippen LogP contribution in [0.3, 0.4) is 0 Å². The molecule has 4 rings (SSSR count). The summed E-state index contributed by atoms with van der Waals surface area (Å²) >= 11 is 6.08. The number of rotatable bonds is 3. The molecule has 3 atom stereocenters. The van der Waals surface area contributed by atoms with Gasteiger partial charge in [-0.15, -0.1) is 0 Å². The third kappa shape index (κ3) is 3.87. The summed E-state index contributed by atoms with van der Waals surface area (Å²) in [6.07, 6.45) is 2.89. The molecule has 1 saturated carbocycles. The fraction of sp³-hybridized carbons (Fsp3) is 0.304. The number of hydrogen-bond donors (Lipinski definition) is 1. The normalized spacial score (nSPS) is 24.0. The number of nitrogens with one attached hydrogen (secondary N) is 1. The van der Waals surface area contributed by atoms with E-state index >= 15 is 0 Å². The minimum Gasteiger partial charge on any atom is -0.307 e. The molecule has 1 aromatic heterocycles. The highest BCUT2D eigenvalue weighted by Crippen LogP contribution is 2.44. The Morgan fingerprint density at radius 3 is 2.55 bits per heavy atom. The van der Waals surface area contributed by atoms with Gasteiger partial charge in [-0.05, 0) is 49.1 Å². The van der Waals surface area contributed by atoms with Crippen LogP contribution < -0.4 is 5.32 Å². The van der Waals surface area contributed by atoms with E-state index in [1.165, 1.54) is 0 Å². The van der Waals surface area contributed by atoms with Crippen LogP contribution in [0, 0.1) is 11.8 Å². The highest BCUT2D eigenvalue weighted by Gasteiger charge is 2.44. The zero-order chi connectivity index (χ0) is 20.5. The van der Waals surface area contributed by atoms with Crippen LogP contribution in [0.4, 0.5) is 5.82 Å². The Bertz CT molecular complexity index is 1010. The van der Waals surface area contributed by atoms with Crippen molar-refractivity contribution >= 4 is 34.8 Å². The van der Waals surface area contributed by atoms with Crippen LogP contribution in [0.2, 0.25) is 5.02 Å². The van der Waals surface area contributed by atoms with Gasteiger partial charge in [0.25, 0.3) is 5.91 Å². The molecule has 29 heavy (non-hydrogen) atoms. The first-order chi connectivity index (χ1) is 13.9. The second-order valence-electron chi connectivity index (χ2n) is 7.76. The monoisotopic (exact) mass is 407 g/mol. The summed E-state index contributed by atoms with van der Waals surface area (Å²) in [7, 11) is 0. The highest BCUT2D eigenvalue weighted by molar-refractivity contribution is 6.30. The van der Waals surface area contributed by atoms with Crippen LogP contribution in [0.5, 0.6) is 0 Å². The number of amides is 1. The van der Waals surface area contributed by atoms with Crippen LogP contribution >= 0.6 is 11.6 Å². The molecule has 1 unspecified atom stereocenters. The molecule has 1 aromatic carbocycles. The maximum absolute atomic E-state index is 13.3. The van der Waals surface area contributed by atoms with Crippen molar-refractivity contribution in [2.75, 3.05) is 5.32 Å². The van der Waals surface area contributed by atoms with Gasteiger partial charge in [-0.1, -0.05) is 36.7 Å². The number of anilines is 1. The van der Waals surface area contributed by atoms with Gasteiger partial charge in [0.2, 0.25) is 0 Å². The smallest absolute Gasteiger partial charge is 0.255 e. The number of nitrogens with zero attached hydrogens (tertiary/aromatic N) is 2. The van der Waals surface area contributed by atoms with E-state index in [1.807, 2.05) is 25.1 Å². The Morgan fingerprint density at radius 2 is 1.86 bits per heavy atom. The van der Waals surface area contributed by atoms with Gasteiger partial charge in [-0.25, -0.2) is 4.98 Å². The fourth-order valence-electron chi connectivity index (χ4n) is 4.33. The Labute approximate surface area is 174 Å². The number of fused-ring (bicyclic) bond motifs is 1. The maximum Gasteiger partial charge on any atom is 0.255 e. The topological polar surface area (TPSA) is 71.4 Å². The zero-order valence-electron chi connectivity index (χ0n) is 16.4. The molecule has 148 valence electrons. The van der Waals surface area contributed by atoms with Crippen molar-refractivity contribution in [2.24, 2.45) is 16.8 Å². The Hall–Kier alpha value is -2.79. The van der Waals surface area contributed by atoms with E-state index < -0.39 is 5.92 Å². The summed E-state index contributed by atoms with van der Waals surface area (Å²) in [6, 6.07) is 12.7.